The van der Waals surface area contributed by atoms with Crippen LogP contribution in [0.25, 0.3) is 0 Å². The molecule has 3 nitrogen and oxygen atoms in total. The summed E-state index contributed by atoms with van der Waals surface area (Å²) in [6.07, 6.45) is 4.22. The van der Waals surface area contributed by atoms with Gasteiger partial charge in [0, 0.05) is 12.6 Å². The summed E-state index contributed by atoms with van der Waals surface area (Å²) in [4.78, 5) is 15.5. The summed E-state index contributed by atoms with van der Waals surface area (Å²) < 4.78 is 0. The Morgan fingerprint density at radius 1 is 1.57 bits per heavy atom. The number of unbranched alkanes of at least 4 members (excludes halogenated alkanes) is 1. The van der Waals surface area contributed by atoms with Crippen LogP contribution in [0.3, 0.4) is 0 Å². The van der Waals surface area contributed by atoms with Gasteiger partial charge in [0.15, 0.2) is 0 Å². The zero-order valence-electron chi connectivity index (χ0n) is 8.71. The van der Waals surface area contributed by atoms with Crippen molar-refractivity contribution in [2.45, 2.75) is 33.1 Å². The molecule has 0 atom stereocenters. The van der Waals surface area contributed by atoms with Crippen molar-refractivity contribution < 1.29 is 4.79 Å². The zero-order valence-corrected chi connectivity index (χ0v) is 8.71. The fraction of sp³-hybridized carbons (Fsp3) is 0.455. The molecule has 0 unspecified atom stereocenters. The summed E-state index contributed by atoms with van der Waals surface area (Å²) in [5.41, 5.74) is 0.998. The molecule has 0 aromatic carbocycles. The Kier molecular flexibility index (Phi) is 4.11. The van der Waals surface area contributed by atoms with E-state index in [1.165, 1.54) is 0 Å². The summed E-state index contributed by atoms with van der Waals surface area (Å²) in [5, 5.41) is 2.79. The molecule has 3 heteroatoms. The number of carbonyl (C=O) groups excluding carboxylic acids is 1. The van der Waals surface area contributed by atoms with Crippen LogP contribution >= 0.6 is 0 Å². The Morgan fingerprint density at radius 3 is 3.00 bits per heavy atom. The van der Waals surface area contributed by atoms with Crippen molar-refractivity contribution in [3.63, 3.8) is 0 Å². The maximum atomic E-state index is 11.4. The van der Waals surface area contributed by atoms with E-state index in [1.807, 2.05) is 19.1 Å². The maximum absolute atomic E-state index is 11.4. The van der Waals surface area contributed by atoms with Crippen LogP contribution in [0.1, 0.15) is 31.7 Å². The van der Waals surface area contributed by atoms with Crippen molar-refractivity contribution in [1.29, 1.82) is 0 Å². The molecule has 14 heavy (non-hydrogen) atoms. The van der Waals surface area contributed by atoms with E-state index in [0.29, 0.717) is 12.2 Å². The highest BCUT2D eigenvalue weighted by molar-refractivity contribution is 5.90. The lowest BCUT2D eigenvalue weighted by Crippen LogP contribution is -2.12. The second kappa shape index (κ2) is 5.37. The van der Waals surface area contributed by atoms with Gasteiger partial charge in [-0.2, -0.15) is 0 Å². The Balaban J connectivity index is 2.52. The third-order valence-corrected chi connectivity index (χ3v) is 2.02. The molecule has 1 amide bonds. The topological polar surface area (TPSA) is 42.0 Å². The maximum Gasteiger partial charge on any atom is 0.225 e. The molecule has 1 N–H and O–H groups in total. The van der Waals surface area contributed by atoms with Crippen LogP contribution in [0, 0.1) is 6.92 Å². The second-order valence-corrected chi connectivity index (χ2v) is 3.32. The fourth-order valence-corrected chi connectivity index (χ4v) is 1.15. The van der Waals surface area contributed by atoms with Crippen LogP contribution in [0.2, 0.25) is 0 Å². The van der Waals surface area contributed by atoms with Gasteiger partial charge in [-0.05, 0) is 25.0 Å². The Bertz CT molecular complexity index is 310. The number of hydrogen-bond donors (Lipinski definition) is 1. The van der Waals surface area contributed by atoms with E-state index < -0.39 is 0 Å². The molecule has 1 aromatic rings. The van der Waals surface area contributed by atoms with Crippen molar-refractivity contribution in [2.75, 3.05) is 5.32 Å². The predicted octanol–water partition coefficient (Wildman–Crippen LogP) is 2.52. The molecular weight excluding hydrogens is 176 g/mol. The van der Waals surface area contributed by atoms with Gasteiger partial charge in [0.2, 0.25) is 5.91 Å². The fourth-order valence-electron chi connectivity index (χ4n) is 1.15. The van der Waals surface area contributed by atoms with Crippen LogP contribution in [0.15, 0.2) is 18.3 Å². The lowest BCUT2D eigenvalue weighted by Gasteiger charge is -2.05. The molecule has 1 heterocycles. The predicted molar refractivity (Wildman–Crippen MR) is 57.1 cm³/mol. The summed E-state index contributed by atoms with van der Waals surface area (Å²) in [6, 6.07) is 3.79. The van der Waals surface area contributed by atoms with Gasteiger partial charge in [0.05, 0.1) is 0 Å². The third-order valence-electron chi connectivity index (χ3n) is 2.02. The highest BCUT2D eigenvalue weighted by atomic mass is 16.1. The van der Waals surface area contributed by atoms with Crippen LogP contribution in [0.5, 0.6) is 0 Å². The van der Waals surface area contributed by atoms with Crippen LogP contribution in [-0.2, 0) is 4.79 Å². The molecule has 0 radical (unpaired) electrons. The Hall–Kier alpha value is -1.38. The van der Waals surface area contributed by atoms with Crippen LogP contribution < -0.4 is 5.32 Å². The smallest absolute Gasteiger partial charge is 0.225 e. The van der Waals surface area contributed by atoms with Crippen molar-refractivity contribution >= 4 is 11.7 Å². The van der Waals surface area contributed by atoms with E-state index in [-0.39, 0.29) is 5.91 Å². The minimum atomic E-state index is 0.0497. The number of carbonyl (C=O) groups is 1. The zero-order chi connectivity index (χ0) is 10.4. The monoisotopic (exact) mass is 192 g/mol. The van der Waals surface area contributed by atoms with Gasteiger partial charge >= 0.3 is 0 Å². The van der Waals surface area contributed by atoms with Crippen molar-refractivity contribution in [2.24, 2.45) is 0 Å². The number of rotatable bonds is 4. The molecular formula is C11H16N2O. The van der Waals surface area contributed by atoms with Gasteiger partial charge in [0.25, 0.3) is 0 Å². The second-order valence-electron chi connectivity index (χ2n) is 3.32. The van der Waals surface area contributed by atoms with E-state index in [0.717, 1.165) is 18.4 Å². The largest absolute Gasteiger partial charge is 0.310 e. The first kappa shape index (κ1) is 10.7. The molecule has 1 aromatic heterocycles. The average molecular weight is 192 g/mol. The number of aromatic nitrogens is 1. The molecule has 0 bridgehead atoms. The minimum absolute atomic E-state index is 0.0497. The highest BCUT2D eigenvalue weighted by Gasteiger charge is 2.03. The number of nitrogens with zero attached hydrogens (tertiary/aromatic N) is 1. The highest BCUT2D eigenvalue weighted by Crippen LogP contribution is 2.09. The SMILES string of the molecule is CCCCC(=O)Nc1ncccc1C. The average Bonchev–Trinajstić information content (AvgIpc) is 2.18. The van der Waals surface area contributed by atoms with Crippen molar-refractivity contribution in [3.8, 4) is 0 Å². The number of aryl methyl sites for hydroxylation is 1. The third kappa shape index (κ3) is 3.17. The first-order valence-corrected chi connectivity index (χ1v) is 4.95. The molecule has 0 saturated heterocycles. The van der Waals surface area contributed by atoms with Gasteiger partial charge in [-0.1, -0.05) is 19.4 Å². The van der Waals surface area contributed by atoms with Crippen molar-refractivity contribution in [3.05, 3.63) is 23.9 Å². The molecule has 1 rings (SSSR count). The molecule has 0 aliphatic heterocycles. The van der Waals surface area contributed by atoms with Gasteiger partial charge in [0.1, 0.15) is 5.82 Å². The lowest BCUT2D eigenvalue weighted by atomic mass is 10.2. The normalized spacial score (nSPS) is 9.86. The Labute approximate surface area is 84.6 Å². The van der Waals surface area contributed by atoms with Gasteiger partial charge < -0.3 is 5.32 Å². The van der Waals surface area contributed by atoms with Gasteiger partial charge in [-0.15, -0.1) is 0 Å². The van der Waals surface area contributed by atoms with Crippen LogP contribution in [-0.4, -0.2) is 10.9 Å². The molecule has 76 valence electrons. The van der Waals surface area contributed by atoms with E-state index in [9.17, 15) is 4.79 Å². The quantitative estimate of drug-likeness (QED) is 0.796. The lowest BCUT2D eigenvalue weighted by molar-refractivity contribution is -0.116. The number of nitrogens with one attached hydrogen (secondary N) is 1. The Morgan fingerprint density at radius 2 is 2.36 bits per heavy atom. The molecule has 0 aliphatic carbocycles. The van der Waals surface area contributed by atoms with E-state index in [4.69, 9.17) is 0 Å². The van der Waals surface area contributed by atoms with Gasteiger partial charge in [-0.3, -0.25) is 4.79 Å². The first-order chi connectivity index (χ1) is 6.74. The van der Waals surface area contributed by atoms with E-state index in [1.54, 1.807) is 6.20 Å². The summed E-state index contributed by atoms with van der Waals surface area (Å²) in [5.74, 6) is 0.724. The van der Waals surface area contributed by atoms with E-state index >= 15 is 0 Å². The summed E-state index contributed by atoms with van der Waals surface area (Å²) >= 11 is 0. The number of pyridine rings is 1. The van der Waals surface area contributed by atoms with Crippen LogP contribution in [0.4, 0.5) is 5.82 Å². The molecule has 0 aliphatic rings. The molecule has 0 spiro atoms. The van der Waals surface area contributed by atoms with Crippen molar-refractivity contribution in [1.82, 2.24) is 4.98 Å². The summed E-state index contributed by atoms with van der Waals surface area (Å²) in [6.45, 7) is 4.00. The minimum Gasteiger partial charge on any atom is -0.310 e. The number of amides is 1. The number of hydrogen-bond acceptors (Lipinski definition) is 2. The standard InChI is InChI=1S/C11H16N2O/c1-3-4-7-10(14)13-11-9(2)6-5-8-12-11/h5-6,8H,3-4,7H2,1-2H3,(H,12,13,14). The van der Waals surface area contributed by atoms with E-state index in [2.05, 4.69) is 17.2 Å². The number of anilines is 1. The molecule has 0 fully saturated rings. The molecule has 0 saturated carbocycles. The summed E-state index contributed by atoms with van der Waals surface area (Å²) in [7, 11) is 0. The van der Waals surface area contributed by atoms with Gasteiger partial charge in [-0.25, -0.2) is 4.98 Å². The first-order valence-electron chi connectivity index (χ1n) is 4.95.